The summed E-state index contributed by atoms with van der Waals surface area (Å²) >= 11 is 0. The van der Waals surface area contributed by atoms with Crippen molar-refractivity contribution < 1.29 is 14.7 Å². The second kappa shape index (κ2) is 5.62. The van der Waals surface area contributed by atoms with Crippen LogP contribution in [-0.2, 0) is 9.59 Å². The second-order valence-corrected chi connectivity index (χ2v) is 4.07. The Morgan fingerprint density at radius 3 is 2.14 bits per heavy atom. The second-order valence-electron chi connectivity index (χ2n) is 4.07. The Morgan fingerprint density at radius 1 is 1.29 bits per heavy atom. The first-order valence-corrected chi connectivity index (χ1v) is 4.80. The molecule has 82 valence electrons. The van der Waals surface area contributed by atoms with Crippen molar-refractivity contribution in [2.75, 3.05) is 13.6 Å². The van der Waals surface area contributed by atoms with Gasteiger partial charge in [0.25, 0.3) is 0 Å². The maximum atomic E-state index is 11.5. The standard InChI is InChI=1S/C10H19NO3/c1-7(2)8(3)5-9(12)11(4)6-10(13)14/h7-8H,5-6H2,1-4H3,(H,13,14). The van der Waals surface area contributed by atoms with Gasteiger partial charge >= 0.3 is 5.97 Å². The fourth-order valence-corrected chi connectivity index (χ4v) is 0.958. The van der Waals surface area contributed by atoms with E-state index in [4.69, 9.17) is 5.11 Å². The molecule has 4 heteroatoms. The summed E-state index contributed by atoms with van der Waals surface area (Å²) in [6.45, 7) is 5.88. The first-order valence-electron chi connectivity index (χ1n) is 4.80. The van der Waals surface area contributed by atoms with Crippen LogP contribution in [0.3, 0.4) is 0 Å². The number of carboxylic acids is 1. The molecule has 14 heavy (non-hydrogen) atoms. The Kier molecular flexibility index (Phi) is 5.20. The fourth-order valence-electron chi connectivity index (χ4n) is 0.958. The summed E-state index contributed by atoms with van der Waals surface area (Å²) in [4.78, 5) is 23.0. The van der Waals surface area contributed by atoms with E-state index in [9.17, 15) is 9.59 Å². The van der Waals surface area contributed by atoms with Crippen LogP contribution in [0.2, 0.25) is 0 Å². The van der Waals surface area contributed by atoms with Gasteiger partial charge in [-0.05, 0) is 11.8 Å². The summed E-state index contributed by atoms with van der Waals surface area (Å²) in [5.41, 5.74) is 0. The van der Waals surface area contributed by atoms with E-state index in [0.717, 1.165) is 0 Å². The molecule has 0 aromatic heterocycles. The van der Waals surface area contributed by atoms with E-state index < -0.39 is 5.97 Å². The monoisotopic (exact) mass is 201 g/mol. The number of carbonyl (C=O) groups excluding carboxylic acids is 1. The van der Waals surface area contributed by atoms with Crippen LogP contribution in [-0.4, -0.2) is 35.5 Å². The Labute approximate surface area is 84.9 Å². The minimum Gasteiger partial charge on any atom is -0.480 e. The van der Waals surface area contributed by atoms with Gasteiger partial charge in [0.2, 0.25) is 5.91 Å². The molecule has 1 N–H and O–H groups in total. The maximum absolute atomic E-state index is 11.5. The van der Waals surface area contributed by atoms with Crippen LogP contribution in [0.4, 0.5) is 0 Å². The number of likely N-dealkylation sites (N-methyl/N-ethyl adjacent to an activating group) is 1. The lowest BCUT2D eigenvalue weighted by Crippen LogP contribution is -2.33. The zero-order chi connectivity index (χ0) is 11.3. The molecule has 0 saturated carbocycles. The van der Waals surface area contributed by atoms with Crippen LogP contribution >= 0.6 is 0 Å². The van der Waals surface area contributed by atoms with Crippen molar-refractivity contribution in [1.82, 2.24) is 4.90 Å². The van der Waals surface area contributed by atoms with Crippen LogP contribution in [0.1, 0.15) is 27.2 Å². The van der Waals surface area contributed by atoms with Gasteiger partial charge in [0.15, 0.2) is 0 Å². The molecule has 1 amide bonds. The number of aliphatic carboxylic acids is 1. The summed E-state index contributed by atoms with van der Waals surface area (Å²) < 4.78 is 0. The highest BCUT2D eigenvalue weighted by atomic mass is 16.4. The Morgan fingerprint density at radius 2 is 1.79 bits per heavy atom. The maximum Gasteiger partial charge on any atom is 0.323 e. The van der Waals surface area contributed by atoms with E-state index in [-0.39, 0.29) is 12.5 Å². The number of hydrogen-bond acceptors (Lipinski definition) is 2. The largest absolute Gasteiger partial charge is 0.480 e. The third-order valence-corrected chi connectivity index (χ3v) is 2.43. The first-order chi connectivity index (χ1) is 6.34. The SMILES string of the molecule is CC(C)C(C)CC(=O)N(C)CC(=O)O. The molecule has 0 aliphatic carbocycles. The van der Waals surface area contributed by atoms with Crippen molar-refractivity contribution in [3.8, 4) is 0 Å². The average molecular weight is 201 g/mol. The molecule has 0 aromatic rings. The van der Waals surface area contributed by atoms with E-state index in [1.165, 1.54) is 11.9 Å². The van der Waals surface area contributed by atoms with Gasteiger partial charge in [0.1, 0.15) is 6.54 Å². The molecule has 1 atom stereocenters. The molecule has 1 unspecified atom stereocenters. The van der Waals surface area contributed by atoms with Gasteiger partial charge in [0, 0.05) is 13.5 Å². The van der Waals surface area contributed by atoms with Gasteiger partial charge in [-0.25, -0.2) is 0 Å². The van der Waals surface area contributed by atoms with Crippen molar-refractivity contribution in [3.63, 3.8) is 0 Å². The molecular weight excluding hydrogens is 182 g/mol. The van der Waals surface area contributed by atoms with Crippen molar-refractivity contribution in [1.29, 1.82) is 0 Å². The molecule has 0 aromatic carbocycles. The smallest absolute Gasteiger partial charge is 0.323 e. The number of rotatable bonds is 5. The molecule has 0 aliphatic heterocycles. The van der Waals surface area contributed by atoms with Crippen LogP contribution in [0.25, 0.3) is 0 Å². The predicted octanol–water partition coefficient (Wildman–Crippen LogP) is 1.21. The lowest BCUT2D eigenvalue weighted by Gasteiger charge is -2.19. The summed E-state index contributed by atoms with van der Waals surface area (Å²) in [6.07, 6.45) is 0.418. The number of carbonyl (C=O) groups is 2. The molecule has 0 spiro atoms. The van der Waals surface area contributed by atoms with Gasteiger partial charge in [0.05, 0.1) is 0 Å². The number of nitrogens with zero attached hydrogens (tertiary/aromatic N) is 1. The van der Waals surface area contributed by atoms with Gasteiger partial charge in [-0.15, -0.1) is 0 Å². The third kappa shape index (κ3) is 4.84. The highest BCUT2D eigenvalue weighted by molar-refractivity contribution is 5.81. The van der Waals surface area contributed by atoms with E-state index in [2.05, 4.69) is 13.8 Å². The number of hydrogen-bond donors (Lipinski definition) is 1. The fraction of sp³-hybridized carbons (Fsp3) is 0.800. The lowest BCUT2D eigenvalue weighted by molar-refractivity contribution is -0.143. The van der Waals surface area contributed by atoms with Crippen molar-refractivity contribution >= 4 is 11.9 Å². The number of amides is 1. The topological polar surface area (TPSA) is 57.6 Å². The quantitative estimate of drug-likeness (QED) is 0.727. The number of carboxylic acid groups (broad SMARTS) is 1. The molecule has 4 nitrogen and oxygen atoms in total. The molecule has 0 bridgehead atoms. The first kappa shape index (κ1) is 12.9. The zero-order valence-corrected chi connectivity index (χ0v) is 9.28. The van der Waals surface area contributed by atoms with Gasteiger partial charge in [-0.1, -0.05) is 20.8 Å². The molecule has 0 rings (SSSR count). The molecular formula is C10H19NO3. The summed E-state index contributed by atoms with van der Waals surface area (Å²) in [6, 6.07) is 0. The van der Waals surface area contributed by atoms with Gasteiger partial charge < -0.3 is 10.0 Å². The average Bonchev–Trinajstić information content (AvgIpc) is 2.02. The molecule has 0 fully saturated rings. The molecule has 0 saturated heterocycles. The van der Waals surface area contributed by atoms with Crippen LogP contribution in [0, 0.1) is 11.8 Å². The van der Waals surface area contributed by atoms with Crippen molar-refractivity contribution in [2.24, 2.45) is 11.8 Å². The Balaban J connectivity index is 4.01. The van der Waals surface area contributed by atoms with Gasteiger partial charge in [-0.3, -0.25) is 9.59 Å². The summed E-state index contributed by atoms with van der Waals surface area (Å²) in [5.74, 6) is -0.345. The van der Waals surface area contributed by atoms with Crippen LogP contribution < -0.4 is 0 Å². The zero-order valence-electron chi connectivity index (χ0n) is 9.28. The van der Waals surface area contributed by atoms with E-state index in [1.807, 2.05) is 6.92 Å². The highest BCUT2D eigenvalue weighted by Gasteiger charge is 2.17. The lowest BCUT2D eigenvalue weighted by atomic mass is 9.94. The minimum absolute atomic E-state index is 0.103. The Bertz CT molecular complexity index is 213. The van der Waals surface area contributed by atoms with Crippen LogP contribution in [0.15, 0.2) is 0 Å². The normalized spacial score (nSPS) is 12.6. The predicted molar refractivity (Wildman–Crippen MR) is 53.9 cm³/mol. The van der Waals surface area contributed by atoms with E-state index in [1.54, 1.807) is 0 Å². The molecule has 0 heterocycles. The third-order valence-electron chi connectivity index (χ3n) is 2.43. The summed E-state index contributed by atoms with van der Waals surface area (Å²) in [5, 5.41) is 8.48. The van der Waals surface area contributed by atoms with Gasteiger partial charge in [-0.2, -0.15) is 0 Å². The minimum atomic E-state index is -0.974. The molecule has 0 radical (unpaired) electrons. The summed E-state index contributed by atoms with van der Waals surface area (Å²) in [7, 11) is 1.52. The highest BCUT2D eigenvalue weighted by Crippen LogP contribution is 2.14. The van der Waals surface area contributed by atoms with E-state index in [0.29, 0.717) is 18.3 Å². The molecule has 0 aliphatic rings. The Hall–Kier alpha value is -1.06. The van der Waals surface area contributed by atoms with Crippen molar-refractivity contribution in [3.05, 3.63) is 0 Å². The van der Waals surface area contributed by atoms with Crippen LogP contribution in [0.5, 0.6) is 0 Å². The van der Waals surface area contributed by atoms with Crippen molar-refractivity contribution in [2.45, 2.75) is 27.2 Å². The van der Waals surface area contributed by atoms with E-state index >= 15 is 0 Å².